The van der Waals surface area contributed by atoms with Crippen LogP contribution in [0.2, 0.25) is 0 Å². The third-order valence-electron chi connectivity index (χ3n) is 5.84. The first-order valence-electron chi connectivity index (χ1n) is 8.82. The van der Waals surface area contributed by atoms with Crippen LogP contribution in [0, 0.1) is 0 Å². The summed E-state index contributed by atoms with van der Waals surface area (Å²) in [6.07, 6.45) is 1.96. The van der Waals surface area contributed by atoms with E-state index in [2.05, 4.69) is 5.32 Å². The Labute approximate surface area is 140 Å². The minimum Gasteiger partial charge on any atom is -0.392 e. The maximum atomic E-state index is 12.9. The van der Waals surface area contributed by atoms with Crippen LogP contribution in [0.4, 0.5) is 0 Å². The van der Waals surface area contributed by atoms with E-state index in [1.54, 1.807) is 0 Å². The van der Waals surface area contributed by atoms with Gasteiger partial charge in [0.05, 0.1) is 12.1 Å². The molecule has 0 unspecified atom stereocenters. The molecule has 2 atom stereocenters. The van der Waals surface area contributed by atoms with Crippen molar-refractivity contribution < 1.29 is 19.5 Å². The Morgan fingerprint density at radius 2 is 2.00 bits per heavy atom. The fourth-order valence-corrected chi connectivity index (χ4v) is 4.46. The van der Waals surface area contributed by atoms with Crippen LogP contribution in [0.25, 0.3) is 0 Å². The average Bonchev–Trinajstić information content (AvgIpc) is 3.08. The van der Waals surface area contributed by atoms with Gasteiger partial charge in [0.25, 0.3) is 5.91 Å². The van der Waals surface area contributed by atoms with Gasteiger partial charge in [0.2, 0.25) is 11.8 Å². The summed E-state index contributed by atoms with van der Waals surface area (Å²) in [6, 6.07) is -0.395. The Morgan fingerprint density at radius 1 is 1.21 bits per heavy atom. The molecule has 4 fully saturated rings. The third-order valence-corrected chi connectivity index (χ3v) is 5.84. The molecule has 0 aromatic carbocycles. The predicted molar refractivity (Wildman–Crippen MR) is 83.9 cm³/mol. The number of hydrogen-bond acceptors (Lipinski definition) is 6. The van der Waals surface area contributed by atoms with Crippen molar-refractivity contribution in [1.82, 2.24) is 20.0 Å². The van der Waals surface area contributed by atoms with Gasteiger partial charge in [-0.15, -0.1) is 0 Å². The van der Waals surface area contributed by atoms with Gasteiger partial charge in [0.15, 0.2) is 0 Å². The van der Waals surface area contributed by atoms with E-state index in [9.17, 15) is 19.5 Å². The number of piperazine rings is 1. The second kappa shape index (κ2) is 5.79. The molecule has 4 rings (SSSR count). The van der Waals surface area contributed by atoms with Gasteiger partial charge >= 0.3 is 0 Å². The summed E-state index contributed by atoms with van der Waals surface area (Å²) >= 11 is 0. The molecule has 3 amide bonds. The van der Waals surface area contributed by atoms with Gasteiger partial charge in [-0.3, -0.25) is 24.2 Å². The lowest BCUT2D eigenvalue weighted by Gasteiger charge is -2.54. The van der Waals surface area contributed by atoms with Crippen LogP contribution < -0.4 is 5.32 Å². The number of nitrogens with zero attached hydrogens (tertiary/aromatic N) is 3. The number of nitrogens with one attached hydrogen (secondary N) is 1. The predicted octanol–water partition coefficient (Wildman–Crippen LogP) is -1.86. The molecule has 2 N–H and O–H groups in total. The maximum Gasteiger partial charge on any atom is 0.252 e. The second-order valence-corrected chi connectivity index (χ2v) is 7.33. The highest BCUT2D eigenvalue weighted by Crippen LogP contribution is 2.37. The van der Waals surface area contributed by atoms with E-state index in [4.69, 9.17) is 0 Å². The zero-order chi connectivity index (χ0) is 16.9. The van der Waals surface area contributed by atoms with Crippen LogP contribution in [0.5, 0.6) is 0 Å². The molecule has 0 saturated carbocycles. The normalized spacial score (nSPS) is 32.6. The number of likely N-dealkylation sites (tertiary alicyclic amines) is 1. The van der Waals surface area contributed by atoms with Crippen molar-refractivity contribution in [2.75, 3.05) is 39.3 Å². The number of amides is 3. The Kier molecular flexibility index (Phi) is 3.85. The SMILES string of the molecule is O=C1CCCN1CCCN1C(=O)[C@@H]2C[C@@H](O)CN2C2(CNC2)C1=O. The Hall–Kier alpha value is -1.51. The first-order valence-corrected chi connectivity index (χ1v) is 8.82. The number of β-amino-alcohol motifs (C(OH)–C–C–N with tert-alkyl or cyclic N) is 1. The standard InChI is InChI=1S/C16H24N4O4/c21-11-7-12-14(23)19(6-2-5-18-4-1-3-13(18)22)15(24)16(9-17-10-16)20(12)8-11/h11-12,17,21H,1-10H2/t11-,12+/m1/s1. The molecule has 4 aliphatic heterocycles. The number of fused-ring (bicyclic) bond motifs is 2. The highest BCUT2D eigenvalue weighted by Gasteiger charge is 2.61. The summed E-state index contributed by atoms with van der Waals surface area (Å²) in [7, 11) is 0. The van der Waals surface area contributed by atoms with Crippen molar-refractivity contribution >= 4 is 17.7 Å². The molecule has 8 heteroatoms. The zero-order valence-electron chi connectivity index (χ0n) is 13.7. The number of aliphatic hydroxyl groups is 1. The van der Waals surface area contributed by atoms with E-state index in [0.29, 0.717) is 52.0 Å². The summed E-state index contributed by atoms with van der Waals surface area (Å²) < 4.78 is 0. The molecule has 4 saturated heterocycles. The largest absolute Gasteiger partial charge is 0.392 e. The third kappa shape index (κ3) is 2.28. The lowest BCUT2D eigenvalue weighted by molar-refractivity contribution is -0.170. The number of rotatable bonds is 4. The lowest BCUT2D eigenvalue weighted by Crippen LogP contribution is -2.81. The highest BCUT2D eigenvalue weighted by molar-refractivity contribution is 6.06. The second-order valence-electron chi connectivity index (χ2n) is 7.33. The van der Waals surface area contributed by atoms with Gasteiger partial charge in [-0.05, 0) is 19.3 Å². The molecule has 24 heavy (non-hydrogen) atoms. The molecule has 4 aliphatic rings. The molecule has 0 aliphatic carbocycles. The van der Waals surface area contributed by atoms with Crippen molar-refractivity contribution in [3.05, 3.63) is 0 Å². The molecule has 0 aromatic heterocycles. The highest BCUT2D eigenvalue weighted by atomic mass is 16.3. The number of hydrogen-bond donors (Lipinski definition) is 2. The fourth-order valence-electron chi connectivity index (χ4n) is 4.46. The van der Waals surface area contributed by atoms with Crippen LogP contribution >= 0.6 is 0 Å². The molecule has 0 radical (unpaired) electrons. The first-order chi connectivity index (χ1) is 11.5. The number of carbonyl (C=O) groups is 3. The lowest BCUT2D eigenvalue weighted by atomic mass is 9.84. The van der Waals surface area contributed by atoms with Crippen molar-refractivity contribution in [2.45, 2.75) is 43.4 Å². The van der Waals surface area contributed by atoms with Crippen LogP contribution in [0.15, 0.2) is 0 Å². The molecule has 0 aromatic rings. The quantitative estimate of drug-likeness (QED) is 0.585. The van der Waals surface area contributed by atoms with Gasteiger partial charge < -0.3 is 15.3 Å². The van der Waals surface area contributed by atoms with E-state index in [1.165, 1.54) is 4.90 Å². The van der Waals surface area contributed by atoms with E-state index in [0.717, 1.165) is 13.0 Å². The Bertz CT molecular complexity index is 576. The molecular formula is C16H24N4O4. The molecule has 8 nitrogen and oxygen atoms in total. The van der Waals surface area contributed by atoms with E-state index in [1.807, 2.05) is 9.80 Å². The first kappa shape index (κ1) is 16.0. The zero-order valence-corrected chi connectivity index (χ0v) is 13.7. The van der Waals surface area contributed by atoms with Crippen LogP contribution in [0.3, 0.4) is 0 Å². The maximum absolute atomic E-state index is 12.9. The molecule has 132 valence electrons. The minimum absolute atomic E-state index is 0.149. The average molecular weight is 336 g/mol. The monoisotopic (exact) mass is 336 g/mol. The molecule has 4 heterocycles. The smallest absolute Gasteiger partial charge is 0.252 e. The van der Waals surface area contributed by atoms with Crippen molar-refractivity contribution in [3.8, 4) is 0 Å². The summed E-state index contributed by atoms with van der Waals surface area (Å²) in [5, 5.41) is 13.1. The van der Waals surface area contributed by atoms with Gasteiger partial charge in [-0.1, -0.05) is 0 Å². The summed E-state index contributed by atoms with van der Waals surface area (Å²) in [6.45, 7) is 3.17. The summed E-state index contributed by atoms with van der Waals surface area (Å²) in [5.74, 6) is -0.178. The summed E-state index contributed by atoms with van der Waals surface area (Å²) in [4.78, 5) is 42.4. The van der Waals surface area contributed by atoms with Crippen molar-refractivity contribution in [2.24, 2.45) is 0 Å². The topological polar surface area (TPSA) is 93.2 Å². The van der Waals surface area contributed by atoms with E-state index >= 15 is 0 Å². The number of aliphatic hydroxyl groups excluding tert-OH is 1. The number of carbonyl (C=O) groups excluding carboxylic acids is 3. The minimum atomic E-state index is -0.667. The Balaban J connectivity index is 1.45. The molecular weight excluding hydrogens is 312 g/mol. The van der Waals surface area contributed by atoms with Gasteiger partial charge in [-0.25, -0.2) is 0 Å². The number of imide groups is 1. The van der Waals surface area contributed by atoms with Crippen LogP contribution in [0.1, 0.15) is 25.7 Å². The van der Waals surface area contributed by atoms with Crippen molar-refractivity contribution in [3.63, 3.8) is 0 Å². The molecule has 1 spiro atoms. The van der Waals surface area contributed by atoms with Crippen LogP contribution in [-0.2, 0) is 14.4 Å². The van der Waals surface area contributed by atoms with Crippen LogP contribution in [-0.4, -0.2) is 94.5 Å². The van der Waals surface area contributed by atoms with E-state index < -0.39 is 17.7 Å². The van der Waals surface area contributed by atoms with Crippen molar-refractivity contribution in [1.29, 1.82) is 0 Å². The van der Waals surface area contributed by atoms with Gasteiger partial charge in [-0.2, -0.15) is 0 Å². The van der Waals surface area contributed by atoms with Gasteiger partial charge in [0.1, 0.15) is 5.54 Å². The fraction of sp³-hybridized carbons (Fsp3) is 0.812. The molecule has 0 bridgehead atoms. The van der Waals surface area contributed by atoms with E-state index in [-0.39, 0.29) is 17.7 Å². The summed E-state index contributed by atoms with van der Waals surface area (Å²) in [5.41, 5.74) is -0.667. The van der Waals surface area contributed by atoms with Gasteiger partial charge in [0, 0.05) is 45.7 Å². The Morgan fingerprint density at radius 3 is 2.62 bits per heavy atom.